The maximum atomic E-state index is 12.9. The quantitative estimate of drug-likeness (QED) is 0.412. The number of carboxylic acid groups (broad SMARTS) is 1. The number of alkyl halides is 1. The summed E-state index contributed by atoms with van der Waals surface area (Å²) in [4.78, 5) is 59.5. The molecule has 2 aromatic carbocycles. The smallest absolute Gasteiger partial charge is 0.407 e. The fourth-order valence-corrected chi connectivity index (χ4v) is 2.92. The number of alkyl carbamates (subject to hydrolysis) is 1. The molecule has 0 aliphatic rings. The van der Waals surface area contributed by atoms with Crippen molar-refractivity contribution >= 4 is 29.5 Å². The summed E-state index contributed by atoms with van der Waals surface area (Å²) >= 11 is 0. The number of benzene rings is 2. The molecule has 0 heterocycles. The third-order valence-electron chi connectivity index (χ3n) is 4.59. The molecular weight excluding hydrogens is 435 g/mol. The van der Waals surface area contributed by atoms with Crippen LogP contribution in [0.1, 0.15) is 23.5 Å². The molecule has 0 fully saturated rings. The Balaban J connectivity index is 2.09. The number of hydrogen-bond acceptors (Lipinski definition) is 6. The number of carbonyl (C=O) groups excluding carboxylic acids is 4. The average Bonchev–Trinajstić information content (AvgIpc) is 2.82. The molecule has 2 atom stereocenters. The summed E-state index contributed by atoms with van der Waals surface area (Å²) in [7, 11) is 0. The van der Waals surface area contributed by atoms with Crippen LogP contribution >= 0.6 is 0 Å². The molecular formula is C23H23FN2O7. The zero-order valence-corrected chi connectivity index (χ0v) is 17.5. The lowest BCUT2D eigenvalue weighted by atomic mass is 9.96. The summed E-state index contributed by atoms with van der Waals surface area (Å²) in [5.41, 5.74) is 1.22. The number of carbonyl (C=O) groups is 5. The van der Waals surface area contributed by atoms with E-state index in [1.807, 2.05) is 6.07 Å². The van der Waals surface area contributed by atoms with Gasteiger partial charge in [0.1, 0.15) is 12.6 Å². The van der Waals surface area contributed by atoms with E-state index in [0.29, 0.717) is 5.56 Å². The van der Waals surface area contributed by atoms with E-state index in [1.54, 1.807) is 54.6 Å². The summed E-state index contributed by atoms with van der Waals surface area (Å²) in [6.45, 7) is -1.84. The van der Waals surface area contributed by atoms with Crippen molar-refractivity contribution in [2.75, 3.05) is 13.2 Å². The summed E-state index contributed by atoms with van der Waals surface area (Å²) < 4.78 is 17.7. The van der Waals surface area contributed by atoms with Gasteiger partial charge in [0.2, 0.25) is 17.5 Å². The first-order valence-corrected chi connectivity index (χ1v) is 9.96. The van der Waals surface area contributed by atoms with Crippen LogP contribution < -0.4 is 10.6 Å². The van der Waals surface area contributed by atoms with Crippen molar-refractivity contribution in [2.45, 2.75) is 25.0 Å². The van der Waals surface area contributed by atoms with Crippen molar-refractivity contribution in [3.63, 3.8) is 0 Å². The second kappa shape index (κ2) is 12.7. The van der Waals surface area contributed by atoms with E-state index in [-0.39, 0.29) is 13.2 Å². The van der Waals surface area contributed by atoms with Crippen molar-refractivity contribution in [3.8, 4) is 0 Å². The minimum Gasteiger partial charge on any atom is -0.481 e. The molecule has 0 saturated carbocycles. The molecule has 2 unspecified atom stereocenters. The molecule has 0 spiro atoms. The van der Waals surface area contributed by atoms with Gasteiger partial charge in [-0.25, -0.2) is 9.18 Å². The Kier molecular flexibility index (Phi) is 9.69. The molecule has 33 heavy (non-hydrogen) atoms. The van der Waals surface area contributed by atoms with Crippen LogP contribution in [0.3, 0.4) is 0 Å². The van der Waals surface area contributed by atoms with E-state index in [4.69, 9.17) is 9.84 Å². The van der Waals surface area contributed by atoms with Gasteiger partial charge < -0.3 is 20.5 Å². The third-order valence-corrected chi connectivity index (χ3v) is 4.59. The average molecular weight is 458 g/mol. The van der Waals surface area contributed by atoms with Gasteiger partial charge in [-0.2, -0.15) is 0 Å². The van der Waals surface area contributed by atoms with Gasteiger partial charge in [-0.05, 0) is 11.1 Å². The maximum absolute atomic E-state index is 12.9. The normalized spacial score (nSPS) is 12.2. The van der Waals surface area contributed by atoms with Gasteiger partial charge in [0, 0.05) is 6.54 Å². The van der Waals surface area contributed by atoms with E-state index in [2.05, 4.69) is 10.6 Å². The molecule has 174 valence electrons. The SMILES string of the molecule is O=C(O)CC(NC(=O)C(CNC(=O)OCc1ccccc1)c1ccccc1)C(=O)C(=O)CF. The monoisotopic (exact) mass is 458 g/mol. The summed E-state index contributed by atoms with van der Waals surface area (Å²) in [6, 6.07) is 15.4. The number of carboxylic acids is 1. The number of halogens is 1. The molecule has 2 amide bonds. The van der Waals surface area contributed by atoms with Crippen LogP contribution in [0.25, 0.3) is 0 Å². The minimum absolute atomic E-state index is 0.00933. The van der Waals surface area contributed by atoms with Crippen molar-refractivity contribution in [1.29, 1.82) is 0 Å². The van der Waals surface area contributed by atoms with Crippen molar-refractivity contribution < 1.29 is 38.2 Å². The zero-order chi connectivity index (χ0) is 24.2. The Bertz CT molecular complexity index is 983. The van der Waals surface area contributed by atoms with E-state index in [1.165, 1.54) is 0 Å². The van der Waals surface area contributed by atoms with Crippen molar-refractivity contribution in [3.05, 3.63) is 71.8 Å². The van der Waals surface area contributed by atoms with Crippen molar-refractivity contribution in [2.24, 2.45) is 0 Å². The molecule has 0 saturated heterocycles. The van der Waals surface area contributed by atoms with Crippen LogP contribution in [0.4, 0.5) is 9.18 Å². The molecule has 3 N–H and O–H groups in total. The summed E-state index contributed by atoms with van der Waals surface area (Å²) in [6.07, 6.45) is -1.69. The van der Waals surface area contributed by atoms with E-state index in [9.17, 15) is 28.4 Å². The largest absolute Gasteiger partial charge is 0.481 e. The molecule has 10 heteroatoms. The number of hydrogen-bond donors (Lipinski definition) is 3. The molecule has 0 aliphatic heterocycles. The maximum Gasteiger partial charge on any atom is 0.407 e. The zero-order valence-electron chi connectivity index (χ0n) is 17.5. The number of Topliss-reactive ketones (excluding diaryl/α,β-unsaturated/α-hetero) is 2. The van der Waals surface area contributed by atoms with Gasteiger partial charge in [0.05, 0.1) is 12.3 Å². The van der Waals surface area contributed by atoms with Crippen LogP contribution in [-0.4, -0.2) is 53.9 Å². The van der Waals surface area contributed by atoms with E-state index < -0.39 is 54.6 Å². The van der Waals surface area contributed by atoms with Crippen molar-refractivity contribution in [1.82, 2.24) is 10.6 Å². The Hall–Kier alpha value is -4.08. The van der Waals surface area contributed by atoms with Crippen LogP contribution in [0.15, 0.2) is 60.7 Å². The molecule has 9 nitrogen and oxygen atoms in total. The van der Waals surface area contributed by atoms with Gasteiger partial charge in [0.25, 0.3) is 0 Å². The predicted octanol–water partition coefficient (Wildman–Crippen LogP) is 1.76. The second-order valence-electron chi connectivity index (χ2n) is 6.99. The third kappa shape index (κ3) is 8.17. The van der Waals surface area contributed by atoms with Gasteiger partial charge >= 0.3 is 12.1 Å². The number of ketones is 2. The standard InChI is InChI=1S/C23H23FN2O7/c24-12-19(27)21(30)18(11-20(28)29)26-22(31)17(16-9-5-2-6-10-16)13-25-23(32)33-14-15-7-3-1-4-8-15/h1-10,17-18H,11-14H2,(H,25,32)(H,26,31)(H,28,29). The highest BCUT2D eigenvalue weighted by molar-refractivity contribution is 6.40. The minimum atomic E-state index is -1.74. The van der Waals surface area contributed by atoms with Crippen LogP contribution in [0.5, 0.6) is 0 Å². The molecule has 0 bridgehead atoms. The van der Waals surface area contributed by atoms with Gasteiger partial charge in [-0.1, -0.05) is 60.7 Å². The second-order valence-corrected chi connectivity index (χ2v) is 6.99. The highest BCUT2D eigenvalue weighted by Gasteiger charge is 2.31. The number of rotatable bonds is 12. The van der Waals surface area contributed by atoms with Crippen LogP contribution in [-0.2, 0) is 30.5 Å². The Morgan fingerprint density at radius 3 is 2.12 bits per heavy atom. The fraction of sp³-hybridized carbons (Fsp3) is 0.261. The van der Waals surface area contributed by atoms with Crippen LogP contribution in [0, 0.1) is 0 Å². The molecule has 0 radical (unpaired) electrons. The number of aliphatic carboxylic acids is 1. The number of amides is 2. The first kappa shape index (κ1) is 25.2. The summed E-state index contributed by atoms with van der Waals surface area (Å²) in [5.74, 6) is -6.12. The van der Waals surface area contributed by atoms with Gasteiger partial charge in [-0.15, -0.1) is 0 Å². The molecule has 2 aromatic rings. The lowest BCUT2D eigenvalue weighted by Gasteiger charge is -2.21. The Morgan fingerprint density at radius 1 is 0.939 bits per heavy atom. The first-order chi connectivity index (χ1) is 15.8. The number of ether oxygens (including phenoxy) is 1. The van der Waals surface area contributed by atoms with Gasteiger partial charge in [-0.3, -0.25) is 19.2 Å². The highest BCUT2D eigenvalue weighted by atomic mass is 19.1. The fourth-order valence-electron chi connectivity index (χ4n) is 2.92. The molecule has 2 rings (SSSR count). The van der Waals surface area contributed by atoms with Gasteiger partial charge in [0.15, 0.2) is 6.67 Å². The molecule has 0 aromatic heterocycles. The molecule has 0 aliphatic carbocycles. The van der Waals surface area contributed by atoms with E-state index >= 15 is 0 Å². The van der Waals surface area contributed by atoms with E-state index in [0.717, 1.165) is 5.56 Å². The summed E-state index contributed by atoms with van der Waals surface area (Å²) in [5, 5.41) is 13.7. The number of nitrogens with one attached hydrogen (secondary N) is 2. The Morgan fingerprint density at radius 2 is 1.55 bits per heavy atom. The topological polar surface area (TPSA) is 139 Å². The first-order valence-electron chi connectivity index (χ1n) is 9.96. The van der Waals surface area contributed by atoms with Crippen LogP contribution in [0.2, 0.25) is 0 Å². The Labute approximate surface area is 188 Å². The highest BCUT2D eigenvalue weighted by Crippen LogP contribution is 2.16. The lowest BCUT2D eigenvalue weighted by molar-refractivity contribution is -0.143. The lowest BCUT2D eigenvalue weighted by Crippen LogP contribution is -2.48. The predicted molar refractivity (Wildman–Crippen MR) is 114 cm³/mol.